The van der Waals surface area contributed by atoms with Crippen LogP contribution in [-0.4, -0.2) is 55.6 Å². The van der Waals surface area contributed by atoms with Crippen molar-refractivity contribution in [1.29, 1.82) is 0 Å². The van der Waals surface area contributed by atoms with Crippen LogP contribution in [0, 0.1) is 11.7 Å². The van der Waals surface area contributed by atoms with Gasteiger partial charge in [-0.3, -0.25) is 9.59 Å². The molecule has 0 saturated heterocycles. The lowest BCUT2D eigenvalue weighted by atomic mass is 10.0. The predicted molar refractivity (Wildman–Crippen MR) is 154 cm³/mol. The summed E-state index contributed by atoms with van der Waals surface area (Å²) in [5.41, 5.74) is 1.17. The third-order valence-electron chi connectivity index (χ3n) is 6.57. The molecule has 0 aliphatic rings. The first-order valence-corrected chi connectivity index (χ1v) is 14.9. The maximum Gasteiger partial charge on any atom is 0.243 e. The van der Waals surface area contributed by atoms with Crippen molar-refractivity contribution in [2.24, 2.45) is 5.92 Å². The van der Waals surface area contributed by atoms with Gasteiger partial charge in [0.25, 0.3) is 0 Å². The summed E-state index contributed by atoms with van der Waals surface area (Å²) in [6, 6.07) is 22.8. The van der Waals surface area contributed by atoms with Gasteiger partial charge >= 0.3 is 0 Å². The first-order chi connectivity index (χ1) is 19.1. The molecule has 214 valence electrons. The van der Waals surface area contributed by atoms with E-state index < -0.39 is 21.9 Å². The second-order valence-corrected chi connectivity index (χ2v) is 12.2. The second kappa shape index (κ2) is 14.7. The third kappa shape index (κ3) is 8.72. The van der Waals surface area contributed by atoms with E-state index in [4.69, 9.17) is 0 Å². The molecule has 1 atom stereocenters. The molecule has 0 aliphatic heterocycles. The first kappa shape index (κ1) is 31.0. The molecule has 2 amide bonds. The van der Waals surface area contributed by atoms with Crippen molar-refractivity contribution in [2.45, 2.75) is 50.6 Å². The molecule has 0 radical (unpaired) electrons. The van der Waals surface area contributed by atoms with Gasteiger partial charge in [-0.2, -0.15) is 0 Å². The summed E-state index contributed by atoms with van der Waals surface area (Å²) in [4.78, 5) is 28.7. The number of nitrogens with one attached hydrogen (secondary N) is 1. The Morgan fingerprint density at radius 3 is 2.12 bits per heavy atom. The van der Waals surface area contributed by atoms with Crippen LogP contribution in [0.15, 0.2) is 89.8 Å². The van der Waals surface area contributed by atoms with E-state index in [1.807, 2.05) is 44.2 Å². The minimum atomic E-state index is -3.70. The third-order valence-corrected chi connectivity index (χ3v) is 8.44. The smallest absolute Gasteiger partial charge is 0.243 e. The van der Waals surface area contributed by atoms with Crippen molar-refractivity contribution in [3.63, 3.8) is 0 Å². The maximum absolute atomic E-state index is 14.7. The Hall–Kier alpha value is -3.56. The molecule has 0 spiro atoms. The summed E-state index contributed by atoms with van der Waals surface area (Å²) < 4.78 is 41.7. The molecule has 7 nitrogen and oxygen atoms in total. The monoisotopic (exact) mass is 567 g/mol. The van der Waals surface area contributed by atoms with Crippen molar-refractivity contribution < 1.29 is 22.4 Å². The Labute approximate surface area is 237 Å². The van der Waals surface area contributed by atoms with Gasteiger partial charge in [-0.25, -0.2) is 17.1 Å². The molecule has 1 N–H and O–H groups in total. The van der Waals surface area contributed by atoms with Crippen LogP contribution in [-0.2, 0) is 32.6 Å². The Morgan fingerprint density at radius 2 is 1.50 bits per heavy atom. The van der Waals surface area contributed by atoms with Crippen molar-refractivity contribution in [3.8, 4) is 0 Å². The van der Waals surface area contributed by atoms with Gasteiger partial charge in [0.15, 0.2) is 0 Å². The van der Waals surface area contributed by atoms with E-state index in [-0.39, 0.29) is 55.0 Å². The number of benzene rings is 3. The Balaban J connectivity index is 1.83. The van der Waals surface area contributed by atoms with Crippen molar-refractivity contribution >= 4 is 21.8 Å². The van der Waals surface area contributed by atoms with Gasteiger partial charge < -0.3 is 10.2 Å². The molecule has 0 aromatic heterocycles. The maximum atomic E-state index is 14.7. The van der Waals surface area contributed by atoms with E-state index in [9.17, 15) is 22.4 Å². The van der Waals surface area contributed by atoms with Crippen LogP contribution in [0.25, 0.3) is 0 Å². The Kier molecular flexibility index (Phi) is 11.4. The fourth-order valence-corrected chi connectivity index (χ4v) is 5.51. The SMILES string of the molecule is CC(C)CNC(=O)[C@H](Cc1ccccc1)N(Cc1ccccc1F)C(=O)CCCN(C)S(=O)(=O)c1ccccc1. The van der Waals surface area contributed by atoms with Crippen LogP contribution in [0.5, 0.6) is 0 Å². The number of amides is 2. The van der Waals surface area contributed by atoms with Crippen LogP contribution in [0.3, 0.4) is 0 Å². The molecule has 3 aromatic carbocycles. The number of hydrogen-bond donors (Lipinski definition) is 1. The quantitative estimate of drug-likeness (QED) is 0.308. The highest BCUT2D eigenvalue weighted by Crippen LogP contribution is 2.19. The molecule has 40 heavy (non-hydrogen) atoms. The summed E-state index contributed by atoms with van der Waals surface area (Å²) in [5, 5.41) is 2.94. The lowest BCUT2D eigenvalue weighted by Crippen LogP contribution is -2.51. The number of nitrogens with zero attached hydrogens (tertiary/aromatic N) is 2. The number of sulfonamides is 1. The lowest BCUT2D eigenvalue weighted by molar-refractivity contribution is -0.141. The predicted octanol–water partition coefficient (Wildman–Crippen LogP) is 4.64. The minimum Gasteiger partial charge on any atom is -0.354 e. The Bertz CT molecular complexity index is 1350. The van der Waals surface area contributed by atoms with Gasteiger partial charge in [0.2, 0.25) is 21.8 Å². The number of carbonyl (C=O) groups is 2. The highest BCUT2D eigenvalue weighted by molar-refractivity contribution is 7.89. The zero-order chi connectivity index (χ0) is 29.1. The summed E-state index contributed by atoms with van der Waals surface area (Å²) >= 11 is 0. The highest BCUT2D eigenvalue weighted by Gasteiger charge is 2.31. The highest BCUT2D eigenvalue weighted by atomic mass is 32.2. The van der Waals surface area contributed by atoms with Gasteiger partial charge in [0.1, 0.15) is 11.9 Å². The van der Waals surface area contributed by atoms with Crippen molar-refractivity contribution in [3.05, 3.63) is 102 Å². The molecule has 3 rings (SSSR count). The molecule has 0 bridgehead atoms. The van der Waals surface area contributed by atoms with E-state index in [0.29, 0.717) is 12.1 Å². The van der Waals surface area contributed by atoms with Gasteiger partial charge in [-0.15, -0.1) is 0 Å². The summed E-state index contributed by atoms with van der Waals surface area (Å²) in [6.07, 6.45) is 0.486. The molecule has 9 heteroatoms. The molecule has 0 heterocycles. The van der Waals surface area contributed by atoms with Crippen LogP contribution in [0.2, 0.25) is 0 Å². The van der Waals surface area contributed by atoms with Gasteiger partial charge in [-0.1, -0.05) is 80.6 Å². The van der Waals surface area contributed by atoms with E-state index in [1.165, 1.54) is 34.5 Å². The van der Waals surface area contributed by atoms with Crippen LogP contribution in [0.4, 0.5) is 4.39 Å². The molecular weight excluding hydrogens is 529 g/mol. The molecule has 0 saturated carbocycles. The normalized spacial score (nSPS) is 12.3. The molecule has 0 fully saturated rings. The Morgan fingerprint density at radius 1 is 0.900 bits per heavy atom. The van der Waals surface area contributed by atoms with E-state index in [0.717, 1.165) is 5.56 Å². The number of carbonyl (C=O) groups excluding carboxylic acids is 2. The molecule has 0 unspecified atom stereocenters. The topological polar surface area (TPSA) is 86.8 Å². The largest absolute Gasteiger partial charge is 0.354 e. The van der Waals surface area contributed by atoms with Crippen molar-refractivity contribution in [2.75, 3.05) is 20.1 Å². The first-order valence-electron chi connectivity index (χ1n) is 13.5. The standard InChI is InChI=1S/C31H38FN3O4S/c1-24(2)22-33-31(37)29(21-25-13-6-4-7-14-25)35(23-26-15-10-11-18-28(26)32)30(36)19-12-20-34(3)40(38,39)27-16-8-5-9-17-27/h4-11,13-18,24,29H,12,19-23H2,1-3H3,(H,33,37)/t29-/m0/s1. The zero-order valence-corrected chi connectivity index (χ0v) is 24.1. The summed E-state index contributed by atoms with van der Waals surface area (Å²) in [6.45, 7) is 4.42. The van der Waals surface area contributed by atoms with Crippen LogP contribution < -0.4 is 5.32 Å². The van der Waals surface area contributed by atoms with Crippen LogP contribution >= 0.6 is 0 Å². The van der Waals surface area contributed by atoms with E-state index >= 15 is 0 Å². The zero-order valence-electron chi connectivity index (χ0n) is 23.3. The minimum absolute atomic E-state index is 0.00808. The average molecular weight is 568 g/mol. The fourth-order valence-electron chi connectivity index (χ4n) is 4.28. The van der Waals surface area contributed by atoms with Gasteiger partial charge in [-0.05, 0) is 36.1 Å². The second-order valence-electron chi connectivity index (χ2n) is 10.2. The number of hydrogen-bond acceptors (Lipinski definition) is 4. The van der Waals surface area contributed by atoms with E-state index in [1.54, 1.807) is 36.4 Å². The molecule has 0 aliphatic carbocycles. The lowest BCUT2D eigenvalue weighted by Gasteiger charge is -2.32. The average Bonchev–Trinajstić information content (AvgIpc) is 2.95. The van der Waals surface area contributed by atoms with Crippen molar-refractivity contribution in [1.82, 2.24) is 14.5 Å². The van der Waals surface area contributed by atoms with Gasteiger partial charge in [0, 0.05) is 45.1 Å². The summed E-state index contributed by atoms with van der Waals surface area (Å²) in [7, 11) is -2.23. The fraction of sp³-hybridized carbons (Fsp3) is 0.355. The van der Waals surface area contributed by atoms with E-state index in [2.05, 4.69) is 5.32 Å². The molecule has 3 aromatic rings. The molecular formula is C31H38FN3O4S. The number of rotatable bonds is 14. The summed E-state index contributed by atoms with van der Waals surface area (Å²) in [5.74, 6) is -0.922. The van der Waals surface area contributed by atoms with Crippen LogP contribution in [0.1, 0.15) is 37.8 Å². The van der Waals surface area contributed by atoms with Gasteiger partial charge in [0.05, 0.1) is 4.90 Å². The number of halogens is 1.